The van der Waals surface area contributed by atoms with Gasteiger partial charge in [-0.2, -0.15) is 0 Å². The van der Waals surface area contributed by atoms with E-state index in [2.05, 4.69) is 5.32 Å². The van der Waals surface area contributed by atoms with Crippen molar-refractivity contribution in [1.29, 1.82) is 0 Å². The van der Waals surface area contributed by atoms with Gasteiger partial charge in [0.1, 0.15) is 17.7 Å². The summed E-state index contributed by atoms with van der Waals surface area (Å²) in [5, 5.41) is 2.74. The number of carbonyl (C=O) groups is 2. The number of halogens is 2. The smallest absolute Gasteiger partial charge is 0.244 e. The van der Waals surface area contributed by atoms with Gasteiger partial charge < -0.3 is 10.2 Å². The molecule has 1 aromatic carbocycles. The minimum absolute atomic E-state index is 0.0155. The quantitative estimate of drug-likeness (QED) is 0.920. The molecule has 124 valence electrons. The van der Waals surface area contributed by atoms with Crippen molar-refractivity contribution < 1.29 is 18.4 Å². The second-order valence-corrected chi connectivity index (χ2v) is 7.66. The van der Waals surface area contributed by atoms with Crippen LogP contribution in [0.1, 0.15) is 38.3 Å². The van der Waals surface area contributed by atoms with Crippen molar-refractivity contribution in [3.8, 4) is 0 Å². The molecule has 1 N–H and O–H groups in total. The third kappa shape index (κ3) is 2.82. The van der Waals surface area contributed by atoms with Crippen molar-refractivity contribution in [3.05, 3.63) is 35.4 Å². The summed E-state index contributed by atoms with van der Waals surface area (Å²) in [7, 11) is 0. The van der Waals surface area contributed by atoms with Crippen molar-refractivity contribution in [2.24, 2.45) is 0 Å². The SMILES string of the molecule is CC(NC(=O)C1CSC2(C)CCC(=O)N12)c1ccc(F)cc1F. The fraction of sp³-hybridized carbons (Fsp3) is 0.500. The summed E-state index contributed by atoms with van der Waals surface area (Å²) in [4.78, 5) is 25.9. The summed E-state index contributed by atoms with van der Waals surface area (Å²) in [5.41, 5.74) is 0.223. The number of hydrogen-bond donors (Lipinski definition) is 1. The van der Waals surface area contributed by atoms with Crippen LogP contribution in [0.3, 0.4) is 0 Å². The van der Waals surface area contributed by atoms with Crippen LogP contribution in [0.5, 0.6) is 0 Å². The van der Waals surface area contributed by atoms with Crippen LogP contribution >= 0.6 is 11.8 Å². The van der Waals surface area contributed by atoms with Crippen molar-refractivity contribution in [1.82, 2.24) is 10.2 Å². The molecule has 3 atom stereocenters. The Labute approximate surface area is 137 Å². The molecule has 2 amide bonds. The van der Waals surface area contributed by atoms with Crippen LogP contribution < -0.4 is 5.32 Å². The van der Waals surface area contributed by atoms with E-state index < -0.39 is 23.7 Å². The Bertz CT molecular complexity index is 669. The van der Waals surface area contributed by atoms with Gasteiger partial charge >= 0.3 is 0 Å². The summed E-state index contributed by atoms with van der Waals surface area (Å²) >= 11 is 1.60. The lowest BCUT2D eigenvalue weighted by molar-refractivity contribution is -0.138. The predicted molar refractivity (Wildman–Crippen MR) is 83.6 cm³/mol. The molecule has 0 bridgehead atoms. The van der Waals surface area contributed by atoms with E-state index in [1.165, 1.54) is 6.07 Å². The topological polar surface area (TPSA) is 49.4 Å². The van der Waals surface area contributed by atoms with Crippen LogP contribution in [-0.2, 0) is 9.59 Å². The average Bonchev–Trinajstić information content (AvgIpc) is 2.96. The number of nitrogens with zero attached hydrogens (tertiary/aromatic N) is 1. The largest absolute Gasteiger partial charge is 0.348 e. The number of nitrogens with one attached hydrogen (secondary N) is 1. The lowest BCUT2D eigenvalue weighted by Gasteiger charge is -2.30. The van der Waals surface area contributed by atoms with Gasteiger partial charge in [-0.3, -0.25) is 9.59 Å². The Morgan fingerprint density at radius 1 is 1.48 bits per heavy atom. The minimum Gasteiger partial charge on any atom is -0.348 e. The molecular formula is C16H18F2N2O2S. The Morgan fingerprint density at radius 2 is 2.22 bits per heavy atom. The summed E-state index contributed by atoms with van der Waals surface area (Å²) < 4.78 is 26.8. The van der Waals surface area contributed by atoms with Crippen LogP contribution in [0, 0.1) is 11.6 Å². The standard InChI is InChI=1S/C16H18F2N2O2S/c1-9(11-4-3-10(17)7-12(11)18)19-15(22)13-8-23-16(2)6-5-14(21)20(13)16/h3-4,7,9,13H,5-6,8H2,1-2H3,(H,19,22). The van der Waals surface area contributed by atoms with E-state index in [0.717, 1.165) is 18.6 Å². The molecule has 23 heavy (non-hydrogen) atoms. The average molecular weight is 340 g/mol. The highest BCUT2D eigenvalue weighted by molar-refractivity contribution is 8.01. The molecule has 0 spiro atoms. The number of benzene rings is 1. The first-order chi connectivity index (χ1) is 10.8. The fourth-order valence-corrected chi connectivity index (χ4v) is 4.69. The van der Waals surface area contributed by atoms with Crippen molar-refractivity contribution in [2.75, 3.05) is 5.75 Å². The number of hydrogen-bond acceptors (Lipinski definition) is 3. The fourth-order valence-electron chi connectivity index (χ4n) is 3.25. The molecule has 0 saturated carbocycles. The van der Waals surface area contributed by atoms with Gasteiger partial charge in [-0.15, -0.1) is 11.8 Å². The van der Waals surface area contributed by atoms with Gasteiger partial charge in [-0.1, -0.05) is 6.07 Å². The number of rotatable bonds is 3. The maximum atomic E-state index is 13.8. The van der Waals surface area contributed by atoms with Gasteiger partial charge in [0.15, 0.2) is 0 Å². The first kappa shape index (κ1) is 16.2. The molecule has 0 radical (unpaired) electrons. The maximum Gasteiger partial charge on any atom is 0.244 e. The zero-order valence-electron chi connectivity index (χ0n) is 12.9. The lowest BCUT2D eigenvalue weighted by Crippen LogP contribution is -2.50. The zero-order valence-corrected chi connectivity index (χ0v) is 13.8. The van der Waals surface area contributed by atoms with Crippen LogP contribution in [0.25, 0.3) is 0 Å². The van der Waals surface area contributed by atoms with E-state index in [0.29, 0.717) is 12.2 Å². The highest BCUT2D eigenvalue weighted by Gasteiger charge is 2.52. The molecule has 2 saturated heterocycles. The number of carbonyl (C=O) groups excluding carboxylic acids is 2. The molecule has 2 aliphatic rings. The van der Waals surface area contributed by atoms with E-state index in [4.69, 9.17) is 0 Å². The first-order valence-corrected chi connectivity index (χ1v) is 8.52. The molecule has 2 aliphatic heterocycles. The summed E-state index contributed by atoms with van der Waals surface area (Å²) in [5.74, 6) is -1.13. The molecule has 0 aliphatic carbocycles. The summed E-state index contributed by atoms with van der Waals surface area (Å²) in [6, 6.07) is 2.14. The number of thioether (sulfide) groups is 1. The third-order valence-corrected chi connectivity index (χ3v) is 6.04. The Kier molecular flexibility index (Phi) is 4.08. The van der Waals surface area contributed by atoms with Crippen molar-refractivity contribution >= 4 is 23.6 Å². The van der Waals surface area contributed by atoms with Gasteiger partial charge in [0.05, 0.1) is 10.9 Å². The van der Waals surface area contributed by atoms with Crippen LogP contribution in [0.4, 0.5) is 8.78 Å². The Balaban J connectivity index is 1.73. The summed E-state index contributed by atoms with van der Waals surface area (Å²) in [6.45, 7) is 3.61. The van der Waals surface area contributed by atoms with Crippen molar-refractivity contribution in [3.63, 3.8) is 0 Å². The molecule has 1 aromatic rings. The molecule has 2 fully saturated rings. The summed E-state index contributed by atoms with van der Waals surface area (Å²) in [6.07, 6.45) is 1.19. The van der Waals surface area contributed by atoms with Gasteiger partial charge in [0, 0.05) is 23.8 Å². The zero-order chi connectivity index (χ0) is 16.8. The van der Waals surface area contributed by atoms with E-state index in [-0.39, 0.29) is 22.2 Å². The molecule has 2 heterocycles. The van der Waals surface area contributed by atoms with Gasteiger partial charge in [-0.05, 0) is 26.3 Å². The second-order valence-electron chi connectivity index (χ2n) is 6.16. The van der Waals surface area contributed by atoms with E-state index in [1.807, 2.05) is 6.92 Å². The van der Waals surface area contributed by atoms with Crippen LogP contribution in [-0.4, -0.2) is 33.4 Å². The number of fused-ring (bicyclic) bond motifs is 1. The second kappa shape index (κ2) is 5.78. The normalized spacial score (nSPS) is 27.9. The maximum absolute atomic E-state index is 13.8. The van der Waals surface area contributed by atoms with Gasteiger partial charge in [-0.25, -0.2) is 8.78 Å². The Morgan fingerprint density at radius 3 is 2.91 bits per heavy atom. The highest BCUT2D eigenvalue weighted by atomic mass is 32.2. The number of amides is 2. The lowest BCUT2D eigenvalue weighted by atomic mass is 10.1. The third-order valence-electron chi connectivity index (χ3n) is 4.54. The van der Waals surface area contributed by atoms with Gasteiger partial charge in [0.2, 0.25) is 11.8 Å². The van der Waals surface area contributed by atoms with Crippen LogP contribution in [0.15, 0.2) is 18.2 Å². The molecule has 0 aromatic heterocycles. The van der Waals surface area contributed by atoms with E-state index in [1.54, 1.807) is 23.6 Å². The molecule has 3 unspecified atom stereocenters. The monoisotopic (exact) mass is 340 g/mol. The van der Waals surface area contributed by atoms with Gasteiger partial charge in [0.25, 0.3) is 0 Å². The van der Waals surface area contributed by atoms with E-state index >= 15 is 0 Å². The molecule has 3 rings (SSSR count). The first-order valence-electron chi connectivity index (χ1n) is 7.53. The Hall–Kier alpha value is -1.63. The molecule has 7 heteroatoms. The highest BCUT2D eigenvalue weighted by Crippen LogP contribution is 2.47. The van der Waals surface area contributed by atoms with Crippen LogP contribution in [0.2, 0.25) is 0 Å². The van der Waals surface area contributed by atoms with E-state index in [9.17, 15) is 18.4 Å². The van der Waals surface area contributed by atoms with Crippen molar-refractivity contribution in [2.45, 2.75) is 43.6 Å². The molecule has 4 nitrogen and oxygen atoms in total. The minimum atomic E-state index is -0.694. The molecular weight excluding hydrogens is 322 g/mol. The predicted octanol–water partition coefficient (Wildman–Crippen LogP) is 2.60.